The van der Waals surface area contributed by atoms with Crippen LogP contribution < -0.4 is 5.32 Å². The first kappa shape index (κ1) is 10.1. The van der Waals surface area contributed by atoms with Crippen LogP contribution in [0, 0.1) is 11.5 Å². The number of rotatable bonds is 2. The molecule has 4 nitrogen and oxygen atoms in total. The first-order valence-corrected chi connectivity index (χ1v) is 4.44. The van der Waals surface area contributed by atoms with Crippen LogP contribution in [0.3, 0.4) is 0 Å². The summed E-state index contributed by atoms with van der Waals surface area (Å²) in [4.78, 5) is 4.07. The molecular weight excluding hydrogens is 160 g/mol. The van der Waals surface area contributed by atoms with Crippen molar-refractivity contribution in [3.05, 3.63) is 0 Å². The van der Waals surface area contributed by atoms with Crippen molar-refractivity contribution in [2.45, 2.75) is 6.92 Å². The third-order valence-corrected chi connectivity index (χ3v) is 1.62. The number of nitriles is 1. The molecule has 0 aromatic heterocycles. The molecule has 62 valence electrons. The van der Waals surface area contributed by atoms with Gasteiger partial charge in [0.2, 0.25) is 5.96 Å². The molecule has 0 aromatic rings. The Morgan fingerprint density at radius 1 is 1.82 bits per heavy atom. The highest BCUT2D eigenvalue weighted by atomic mass is 32.2. The highest BCUT2D eigenvalue weighted by Crippen LogP contribution is 2.02. The van der Waals surface area contributed by atoms with Crippen molar-refractivity contribution < 1.29 is 0 Å². The number of nitrogens with zero attached hydrogens (tertiary/aromatic N) is 3. The molecule has 0 aliphatic carbocycles. The molecule has 0 fully saturated rings. The Morgan fingerprint density at radius 2 is 2.45 bits per heavy atom. The average molecular weight is 172 g/mol. The zero-order valence-electron chi connectivity index (χ0n) is 6.96. The maximum atomic E-state index is 8.59. The van der Waals surface area contributed by atoms with E-state index < -0.39 is 0 Å². The number of hydrogen-bond donors (Lipinski definition) is 1. The largest absolute Gasteiger partial charge is 0.358 e. The summed E-state index contributed by atoms with van der Waals surface area (Å²) in [5, 5.41) is 11.4. The zero-order chi connectivity index (χ0) is 8.69. The smallest absolute Gasteiger partial charge is 0.217 e. The number of nitrogens with one attached hydrogen (secondary N) is 1. The van der Waals surface area contributed by atoms with Crippen molar-refractivity contribution >= 4 is 17.9 Å². The molecule has 11 heavy (non-hydrogen) atoms. The molecule has 0 aromatic carbocycles. The lowest BCUT2D eigenvalue weighted by Gasteiger charge is -2.12. The summed E-state index contributed by atoms with van der Waals surface area (Å²) in [7, 11) is 1.75. The van der Waals surface area contributed by atoms with Crippen LogP contribution in [0.1, 0.15) is 6.92 Å². The standard InChI is InChI=1S/C6H12N4S/c1-4-9-6(8-2)10(5-7)11-3/h4H2,1-3H3,(H,8,9). The zero-order valence-corrected chi connectivity index (χ0v) is 7.77. The SMILES string of the molecule is CCN=C(NC)N(C#N)SC. The number of aliphatic imine (C=N–C) groups is 1. The lowest BCUT2D eigenvalue weighted by molar-refractivity contribution is 0.858. The summed E-state index contributed by atoms with van der Waals surface area (Å²) in [5.41, 5.74) is 0. The van der Waals surface area contributed by atoms with Crippen molar-refractivity contribution in [1.29, 1.82) is 5.26 Å². The van der Waals surface area contributed by atoms with Gasteiger partial charge in [-0.05, 0) is 18.9 Å². The van der Waals surface area contributed by atoms with Crippen LogP contribution in [0.25, 0.3) is 0 Å². The molecule has 0 bridgehead atoms. The molecule has 1 N–H and O–H groups in total. The molecule has 0 saturated carbocycles. The summed E-state index contributed by atoms with van der Waals surface area (Å²) in [6.07, 6.45) is 3.82. The van der Waals surface area contributed by atoms with Gasteiger partial charge in [0.15, 0.2) is 6.19 Å². The quantitative estimate of drug-likeness (QED) is 0.218. The van der Waals surface area contributed by atoms with Crippen molar-refractivity contribution in [2.75, 3.05) is 19.8 Å². The van der Waals surface area contributed by atoms with E-state index in [1.807, 2.05) is 19.4 Å². The Hall–Kier alpha value is -0.890. The predicted octanol–water partition coefficient (Wildman–Crippen LogP) is 0.643. The fourth-order valence-corrected chi connectivity index (χ4v) is 0.973. The van der Waals surface area contributed by atoms with Gasteiger partial charge in [0.1, 0.15) is 0 Å². The summed E-state index contributed by atoms with van der Waals surface area (Å²) < 4.78 is 1.42. The summed E-state index contributed by atoms with van der Waals surface area (Å²) in [5.74, 6) is 0.600. The predicted molar refractivity (Wildman–Crippen MR) is 48.0 cm³/mol. The molecule has 0 amide bonds. The highest BCUT2D eigenvalue weighted by Gasteiger charge is 2.05. The lowest BCUT2D eigenvalue weighted by atomic mass is 10.7. The van der Waals surface area contributed by atoms with Crippen LogP contribution in [0.4, 0.5) is 0 Å². The Kier molecular flexibility index (Phi) is 5.39. The molecule has 0 rings (SSSR count). The third-order valence-electron chi connectivity index (χ3n) is 0.997. The molecule has 0 radical (unpaired) electrons. The van der Waals surface area contributed by atoms with Crippen molar-refractivity contribution in [2.24, 2.45) is 4.99 Å². The fourth-order valence-electron chi connectivity index (χ4n) is 0.569. The molecule has 0 atom stereocenters. The first-order valence-electron chi connectivity index (χ1n) is 3.26. The Bertz CT molecular complexity index is 172. The second-order valence-corrected chi connectivity index (χ2v) is 2.36. The second-order valence-electron chi connectivity index (χ2n) is 1.62. The molecule has 0 aliphatic rings. The van der Waals surface area contributed by atoms with Crippen molar-refractivity contribution in [3.63, 3.8) is 0 Å². The molecule has 0 saturated heterocycles. The minimum Gasteiger partial charge on any atom is -0.358 e. The van der Waals surface area contributed by atoms with Crippen LogP contribution in [-0.2, 0) is 0 Å². The van der Waals surface area contributed by atoms with Crippen LogP contribution in [0.5, 0.6) is 0 Å². The summed E-state index contributed by atoms with van der Waals surface area (Å²) >= 11 is 1.32. The van der Waals surface area contributed by atoms with Gasteiger partial charge < -0.3 is 5.32 Å². The van der Waals surface area contributed by atoms with E-state index in [4.69, 9.17) is 5.26 Å². The monoisotopic (exact) mass is 172 g/mol. The van der Waals surface area contributed by atoms with Crippen LogP contribution in [0.2, 0.25) is 0 Å². The Labute approximate surface area is 71.4 Å². The minimum absolute atomic E-state index is 0.600. The van der Waals surface area contributed by atoms with Gasteiger partial charge in [-0.2, -0.15) is 9.57 Å². The van der Waals surface area contributed by atoms with E-state index >= 15 is 0 Å². The molecule has 0 unspecified atom stereocenters. The summed E-state index contributed by atoms with van der Waals surface area (Å²) in [6.45, 7) is 2.60. The fraction of sp³-hybridized carbons (Fsp3) is 0.667. The third kappa shape index (κ3) is 3.14. The topological polar surface area (TPSA) is 51.4 Å². The molecule has 5 heteroatoms. The first-order chi connectivity index (χ1) is 5.29. The van der Waals surface area contributed by atoms with Gasteiger partial charge in [-0.3, -0.25) is 4.99 Å². The van der Waals surface area contributed by atoms with E-state index in [0.717, 1.165) is 0 Å². The molecule has 0 heterocycles. The van der Waals surface area contributed by atoms with Gasteiger partial charge in [-0.15, -0.1) is 0 Å². The van der Waals surface area contributed by atoms with Gasteiger partial charge in [0.25, 0.3) is 0 Å². The maximum Gasteiger partial charge on any atom is 0.217 e. The van der Waals surface area contributed by atoms with Crippen molar-refractivity contribution in [3.8, 4) is 6.19 Å². The average Bonchev–Trinajstić information content (AvgIpc) is 2.05. The molecule has 0 aliphatic heterocycles. The highest BCUT2D eigenvalue weighted by molar-refractivity contribution is 7.96. The van der Waals surface area contributed by atoms with E-state index in [1.54, 1.807) is 7.05 Å². The Balaban J connectivity index is 4.24. The van der Waals surface area contributed by atoms with Crippen molar-refractivity contribution in [1.82, 2.24) is 9.62 Å². The normalized spacial score (nSPS) is 10.5. The van der Waals surface area contributed by atoms with Crippen LogP contribution >= 0.6 is 11.9 Å². The Morgan fingerprint density at radius 3 is 2.73 bits per heavy atom. The van der Waals surface area contributed by atoms with Gasteiger partial charge in [0.05, 0.1) is 0 Å². The number of hydrogen-bond acceptors (Lipinski definition) is 3. The summed E-state index contributed by atoms with van der Waals surface area (Å²) in [6, 6.07) is 0. The number of guanidine groups is 1. The molecule has 0 spiro atoms. The van der Waals surface area contributed by atoms with Gasteiger partial charge >= 0.3 is 0 Å². The van der Waals surface area contributed by atoms with E-state index in [2.05, 4.69) is 10.3 Å². The van der Waals surface area contributed by atoms with E-state index in [-0.39, 0.29) is 0 Å². The minimum atomic E-state index is 0.600. The van der Waals surface area contributed by atoms with E-state index in [0.29, 0.717) is 12.5 Å². The van der Waals surface area contributed by atoms with Gasteiger partial charge in [-0.25, -0.2) is 0 Å². The van der Waals surface area contributed by atoms with Gasteiger partial charge in [0, 0.05) is 19.8 Å². The second kappa shape index (κ2) is 5.86. The van der Waals surface area contributed by atoms with Crippen LogP contribution in [-0.4, -0.2) is 30.1 Å². The van der Waals surface area contributed by atoms with E-state index in [9.17, 15) is 0 Å². The molecular formula is C6H12N4S. The maximum absolute atomic E-state index is 8.59. The van der Waals surface area contributed by atoms with Gasteiger partial charge in [-0.1, -0.05) is 0 Å². The lowest BCUT2D eigenvalue weighted by Crippen LogP contribution is -2.31. The van der Waals surface area contributed by atoms with E-state index in [1.165, 1.54) is 16.3 Å². The van der Waals surface area contributed by atoms with Crippen LogP contribution in [0.15, 0.2) is 4.99 Å².